The van der Waals surface area contributed by atoms with Crippen molar-refractivity contribution in [2.45, 2.75) is 38.6 Å². The molecule has 0 amide bonds. The summed E-state index contributed by atoms with van der Waals surface area (Å²) in [5.41, 5.74) is 1.95. The van der Waals surface area contributed by atoms with Crippen molar-refractivity contribution in [3.05, 3.63) is 18.0 Å². The van der Waals surface area contributed by atoms with Gasteiger partial charge in [0.2, 0.25) is 11.3 Å². The molecule has 3 aromatic rings. The molecule has 4 rings (SSSR count). The van der Waals surface area contributed by atoms with Crippen molar-refractivity contribution in [1.29, 1.82) is 0 Å². The molecule has 0 bridgehead atoms. The lowest BCUT2D eigenvalue weighted by Gasteiger charge is -2.24. The number of anilines is 2. The highest BCUT2D eigenvalue weighted by atomic mass is 16.6. The minimum Gasteiger partial charge on any atom is -0.360 e. The molecule has 0 radical (unpaired) electrons. The van der Waals surface area contributed by atoms with E-state index in [0.29, 0.717) is 17.1 Å². The van der Waals surface area contributed by atoms with Crippen LogP contribution in [0.2, 0.25) is 0 Å². The van der Waals surface area contributed by atoms with E-state index >= 15 is 0 Å². The summed E-state index contributed by atoms with van der Waals surface area (Å²) < 4.78 is 6.59. The molecular formula is C16H22N8O. The summed E-state index contributed by atoms with van der Waals surface area (Å²) in [6, 6.07) is 0.0473. The Morgan fingerprint density at radius 1 is 1.08 bits per heavy atom. The Hall–Kier alpha value is -2.71. The maximum Gasteiger partial charge on any atom is 0.245 e. The first-order valence-corrected chi connectivity index (χ1v) is 8.71. The van der Waals surface area contributed by atoms with Crippen molar-refractivity contribution in [1.82, 2.24) is 30.1 Å². The number of aryl methyl sites for hydroxylation is 1. The van der Waals surface area contributed by atoms with Gasteiger partial charge in [0, 0.05) is 31.9 Å². The summed E-state index contributed by atoms with van der Waals surface area (Å²) in [7, 11) is 1.91. The van der Waals surface area contributed by atoms with E-state index < -0.39 is 0 Å². The average Bonchev–Trinajstić information content (AvgIpc) is 3.15. The van der Waals surface area contributed by atoms with E-state index in [1.165, 1.54) is 12.8 Å². The van der Waals surface area contributed by atoms with Gasteiger partial charge >= 0.3 is 0 Å². The SMILES string of the molecule is CC(Nc1nc2nonc2nc1N1CCCCCC1)c1cnn(C)c1. The van der Waals surface area contributed by atoms with E-state index in [1.807, 2.05) is 19.4 Å². The first-order valence-electron chi connectivity index (χ1n) is 8.71. The molecule has 1 N–H and O–H groups in total. The standard InChI is InChI=1S/C16H22N8O/c1-11(12-9-17-23(2)10-12)18-15-16(24-7-5-3-4-6-8-24)20-14-13(19-15)21-25-22-14/h9-11H,3-8H2,1-2H3,(H,18,19,21). The number of hydrogen-bond acceptors (Lipinski definition) is 8. The largest absolute Gasteiger partial charge is 0.360 e. The highest BCUT2D eigenvalue weighted by molar-refractivity contribution is 5.74. The predicted molar refractivity (Wildman–Crippen MR) is 93.3 cm³/mol. The zero-order valence-electron chi connectivity index (χ0n) is 14.5. The van der Waals surface area contributed by atoms with Crippen molar-refractivity contribution >= 4 is 22.9 Å². The van der Waals surface area contributed by atoms with E-state index in [2.05, 4.69) is 42.5 Å². The lowest BCUT2D eigenvalue weighted by Crippen LogP contribution is -2.27. The second kappa shape index (κ2) is 6.66. The number of fused-ring (bicyclic) bond motifs is 1. The van der Waals surface area contributed by atoms with Crippen LogP contribution >= 0.6 is 0 Å². The number of rotatable bonds is 4. The van der Waals surface area contributed by atoms with E-state index in [9.17, 15) is 0 Å². The smallest absolute Gasteiger partial charge is 0.245 e. The van der Waals surface area contributed by atoms with Gasteiger partial charge < -0.3 is 10.2 Å². The molecule has 1 aliphatic heterocycles. The summed E-state index contributed by atoms with van der Waals surface area (Å²) in [5.74, 6) is 1.53. The van der Waals surface area contributed by atoms with Crippen LogP contribution in [0, 0.1) is 0 Å². The highest BCUT2D eigenvalue weighted by Gasteiger charge is 2.21. The van der Waals surface area contributed by atoms with Crippen LogP contribution in [0.4, 0.5) is 11.6 Å². The summed E-state index contributed by atoms with van der Waals surface area (Å²) in [6.45, 7) is 4.03. The fourth-order valence-electron chi connectivity index (χ4n) is 3.18. The van der Waals surface area contributed by atoms with Crippen molar-refractivity contribution < 1.29 is 4.63 Å². The summed E-state index contributed by atoms with van der Waals surface area (Å²) in [4.78, 5) is 11.6. The van der Waals surface area contributed by atoms with E-state index in [4.69, 9.17) is 4.63 Å². The Morgan fingerprint density at radius 2 is 1.80 bits per heavy atom. The van der Waals surface area contributed by atoms with Gasteiger partial charge in [-0.2, -0.15) is 5.10 Å². The third-order valence-corrected chi connectivity index (χ3v) is 4.58. The summed E-state index contributed by atoms with van der Waals surface area (Å²) >= 11 is 0. The van der Waals surface area contributed by atoms with Crippen LogP contribution in [0.15, 0.2) is 17.0 Å². The lowest BCUT2D eigenvalue weighted by molar-refractivity contribution is 0.314. The van der Waals surface area contributed by atoms with Gasteiger partial charge in [0.05, 0.1) is 12.2 Å². The van der Waals surface area contributed by atoms with E-state index in [0.717, 1.165) is 37.3 Å². The first kappa shape index (κ1) is 15.8. The van der Waals surface area contributed by atoms with Crippen molar-refractivity contribution in [3.63, 3.8) is 0 Å². The van der Waals surface area contributed by atoms with Crippen LogP contribution in [0.5, 0.6) is 0 Å². The molecule has 25 heavy (non-hydrogen) atoms. The Kier molecular flexibility index (Phi) is 4.21. The molecule has 4 heterocycles. The lowest BCUT2D eigenvalue weighted by atomic mass is 10.2. The number of nitrogens with one attached hydrogen (secondary N) is 1. The third kappa shape index (κ3) is 3.26. The van der Waals surface area contributed by atoms with E-state index in [1.54, 1.807) is 4.68 Å². The van der Waals surface area contributed by atoms with Crippen LogP contribution in [0.1, 0.15) is 44.2 Å². The molecule has 3 aromatic heterocycles. The average molecular weight is 342 g/mol. The molecule has 1 fully saturated rings. The Balaban J connectivity index is 1.68. The topological polar surface area (TPSA) is 97.8 Å². The normalized spacial score (nSPS) is 16.8. The minimum absolute atomic E-state index is 0.0473. The number of nitrogens with zero attached hydrogens (tertiary/aromatic N) is 7. The fourth-order valence-corrected chi connectivity index (χ4v) is 3.18. The zero-order chi connectivity index (χ0) is 17.2. The number of hydrogen-bond donors (Lipinski definition) is 1. The molecule has 9 nitrogen and oxygen atoms in total. The Labute approximate surface area is 145 Å². The summed E-state index contributed by atoms with van der Waals surface area (Å²) in [5, 5.41) is 15.4. The van der Waals surface area contributed by atoms with Gasteiger partial charge in [-0.05, 0) is 30.1 Å². The van der Waals surface area contributed by atoms with Gasteiger partial charge in [0.25, 0.3) is 0 Å². The molecule has 0 spiro atoms. The molecule has 1 atom stereocenters. The Morgan fingerprint density at radius 3 is 2.48 bits per heavy atom. The number of aromatic nitrogens is 6. The van der Waals surface area contributed by atoms with Crippen LogP contribution in [-0.2, 0) is 7.05 Å². The quantitative estimate of drug-likeness (QED) is 0.771. The van der Waals surface area contributed by atoms with Crippen molar-refractivity contribution in [2.24, 2.45) is 7.05 Å². The van der Waals surface area contributed by atoms with E-state index in [-0.39, 0.29) is 6.04 Å². The molecule has 0 aromatic carbocycles. The van der Waals surface area contributed by atoms with Gasteiger partial charge in [0.15, 0.2) is 11.6 Å². The van der Waals surface area contributed by atoms with Gasteiger partial charge in [0.1, 0.15) is 0 Å². The maximum atomic E-state index is 4.80. The van der Waals surface area contributed by atoms with Gasteiger partial charge in [-0.25, -0.2) is 14.6 Å². The molecule has 9 heteroatoms. The molecular weight excluding hydrogens is 320 g/mol. The van der Waals surface area contributed by atoms with Crippen LogP contribution < -0.4 is 10.2 Å². The second-order valence-corrected chi connectivity index (χ2v) is 6.52. The van der Waals surface area contributed by atoms with Gasteiger partial charge in [-0.1, -0.05) is 12.8 Å². The van der Waals surface area contributed by atoms with Crippen molar-refractivity contribution in [2.75, 3.05) is 23.3 Å². The van der Waals surface area contributed by atoms with Gasteiger partial charge in [-0.15, -0.1) is 0 Å². The molecule has 1 unspecified atom stereocenters. The zero-order valence-corrected chi connectivity index (χ0v) is 14.5. The molecule has 1 aliphatic rings. The minimum atomic E-state index is 0.0473. The Bertz CT molecular complexity index is 849. The highest BCUT2D eigenvalue weighted by Crippen LogP contribution is 2.29. The summed E-state index contributed by atoms with van der Waals surface area (Å²) in [6.07, 6.45) is 8.68. The maximum absolute atomic E-state index is 4.80. The molecule has 132 valence electrons. The van der Waals surface area contributed by atoms with Crippen LogP contribution in [0.3, 0.4) is 0 Å². The van der Waals surface area contributed by atoms with Crippen molar-refractivity contribution in [3.8, 4) is 0 Å². The monoisotopic (exact) mass is 342 g/mol. The van der Waals surface area contributed by atoms with Gasteiger partial charge in [-0.3, -0.25) is 4.68 Å². The van der Waals surface area contributed by atoms with Crippen LogP contribution in [-0.4, -0.2) is 43.2 Å². The first-order chi connectivity index (χ1) is 12.2. The molecule has 0 saturated carbocycles. The van der Waals surface area contributed by atoms with Crippen LogP contribution in [0.25, 0.3) is 11.3 Å². The molecule has 0 aliphatic carbocycles. The second-order valence-electron chi connectivity index (χ2n) is 6.52. The molecule has 1 saturated heterocycles. The third-order valence-electron chi connectivity index (χ3n) is 4.58. The fraction of sp³-hybridized carbons (Fsp3) is 0.562. The predicted octanol–water partition coefficient (Wildman–Crippen LogP) is 2.30.